The summed E-state index contributed by atoms with van der Waals surface area (Å²) in [5, 5.41) is 8.93. The molecular formula is C16H24N2O2. The molecule has 1 heterocycles. The average Bonchev–Trinajstić information content (AvgIpc) is 2.49. The van der Waals surface area contributed by atoms with Gasteiger partial charge >= 0.3 is 0 Å². The third-order valence-electron chi connectivity index (χ3n) is 4.09. The molecule has 1 aromatic carbocycles. The Balaban J connectivity index is 1.82. The van der Waals surface area contributed by atoms with Crippen molar-refractivity contribution in [3.63, 3.8) is 0 Å². The van der Waals surface area contributed by atoms with Gasteiger partial charge in [-0.15, -0.1) is 0 Å². The van der Waals surface area contributed by atoms with Crippen molar-refractivity contribution in [2.75, 3.05) is 19.7 Å². The molecule has 0 spiro atoms. The number of carbonyl (C=O) groups is 1. The lowest BCUT2D eigenvalue weighted by atomic mass is 9.90. The molecule has 1 aromatic rings. The molecule has 0 aliphatic carbocycles. The van der Waals surface area contributed by atoms with Gasteiger partial charge in [0.15, 0.2) is 0 Å². The molecule has 0 bridgehead atoms. The number of nitrogens with zero attached hydrogens (tertiary/aromatic N) is 1. The molecule has 2 rings (SSSR count). The monoisotopic (exact) mass is 276 g/mol. The fourth-order valence-corrected chi connectivity index (χ4v) is 2.73. The highest BCUT2D eigenvalue weighted by Gasteiger charge is 2.25. The predicted molar refractivity (Wildman–Crippen MR) is 79.2 cm³/mol. The summed E-state index contributed by atoms with van der Waals surface area (Å²) in [7, 11) is 0. The number of aliphatic hydroxyl groups is 1. The van der Waals surface area contributed by atoms with Crippen LogP contribution in [0.15, 0.2) is 24.3 Å². The summed E-state index contributed by atoms with van der Waals surface area (Å²) in [4.78, 5) is 13.7. The second kappa shape index (κ2) is 6.86. The van der Waals surface area contributed by atoms with Crippen molar-refractivity contribution in [1.82, 2.24) is 4.90 Å². The third kappa shape index (κ3) is 3.81. The number of amides is 1. The third-order valence-corrected chi connectivity index (χ3v) is 4.09. The second-order valence-corrected chi connectivity index (χ2v) is 5.75. The first-order chi connectivity index (χ1) is 9.60. The Morgan fingerprint density at radius 2 is 1.95 bits per heavy atom. The molecular weight excluding hydrogens is 252 g/mol. The number of aryl methyl sites for hydroxylation is 1. The molecule has 3 N–H and O–H groups in total. The van der Waals surface area contributed by atoms with Crippen LogP contribution in [-0.4, -0.2) is 41.7 Å². The molecule has 0 saturated carbocycles. The number of carbonyl (C=O) groups excluding carboxylic acids is 1. The fraction of sp³-hybridized carbons (Fsp3) is 0.562. The summed E-state index contributed by atoms with van der Waals surface area (Å²) in [6, 6.07) is 7.91. The van der Waals surface area contributed by atoms with Gasteiger partial charge in [-0.3, -0.25) is 4.79 Å². The number of rotatable bonds is 4. The summed E-state index contributed by atoms with van der Waals surface area (Å²) in [5.41, 5.74) is 8.23. The van der Waals surface area contributed by atoms with E-state index in [4.69, 9.17) is 10.8 Å². The minimum absolute atomic E-state index is 0.124. The maximum Gasteiger partial charge on any atom is 0.241 e. The minimum atomic E-state index is -0.761. The van der Waals surface area contributed by atoms with Crippen LogP contribution in [0.25, 0.3) is 0 Å². The summed E-state index contributed by atoms with van der Waals surface area (Å²) < 4.78 is 0. The SMILES string of the molecule is Cc1ccc(CC2CCN(C(=O)[C@H](N)CO)CC2)cc1. The van der Waals surface area contributed by atoms with Crippen molar-refractivity contribution in [2.24, 2.45) is 11.7 Å². The molecule has 4 heteroatoms. The van der Waals surface area contributed by atoms with E-state index in [-0.39, 0.29) is 12.5 Å². The van der Waals surface area contributed by atoms with Crippen LogP contribution in [0, 0.1) is 12.8 Å². The number of nitrogens with two attached hydrogens (primary N) is 1. The van der Waals surface area contributed by atoms with Gasteiger partial charge in [0, 0.05) is 13.1 Å². The van der Waals surface area contributed by atoms with E-state index in [1.54, 1.807) is 4.90 Å². The van der Waals surface area contributed by atoms with Gasteiger partial charge in [0.2, 0.25) is 5.91 Å². The topological polar surface area (TPSA) is 66.6 Å². The highest BCUT2D eigenvalue weighted by atomic mass is 16.3. The van der Waals surface area contributed by atoms with Gasteiger partial charge in [-0.25, -0.2) is 0 Å². The summed E-state index contributed by atoms with van der Waals surface area (Å²) >= 11 is 0. The Kier molecular flexibility index (Phi) is 5.15. The van der Waals surface area contributed by atoms with Gasteiger partial charge in [-0.2, -0.15) is 0 Å². The molecule has 1 aliphatic rings. The quantitative estimate of drug-likeness (QED) is 0.865. The molecule has 20 heavy (non-hydrogen) atoms. The van der Waals surface area contributed by atoms with Crippen LogP contribution < -0.4 is 5.73 Å². The van der Waals surface area contributed by atoms with E-state index in [9.17, 15) is 4.79 Å². The Morgan fingerprint density at radius 3 is 2.50 bits per heavy atom. The molecule has 1 saturated heterocycles. The maximum atomic E-state index is 11.9. The predicted octanol–water partition coefficient (Wildman–Crippen LogP) is 1.10. The van der Waals surface area contributed by atoms with Crippen LogP contribution in [0.4, 0.5) is 0 Å². The molecule has 1 atom stereocenters. The highest BCUT2D eigenvalue weighted by Crippen LogP contribution is 2.22. The summed E-state index contributed by atoms with van der Waals surface area (Å²) in [6.45, 7) is 3.33. The van der Waals surface area contributed by atoms with Gasteiger partial charge < -0.3 is 15.7 Å². The van der Waals surface area contributed by atoms with E-state index in [0.717, 1.165) is 32.4 Å². The number of piperidine rings is 1. The first-order valence-corrected chi connectivity index (χ1v) is 7.31. The highest BCUT2D eigenvalue weighted by molar-refractivity contribution is 5.81. The lowest BCUT2D eigenvalue weighted by Crippen LogP contribution is -2.48. The molecule has 1 fully saturated rings. The molecule has 4 nitrogen and oxygen atoms in total. The molecule has 0 radical (unpaired) electrons. The van der Waals surface area contributed by atoms with Crippen LogP contribution in [-0.2, 0) is 11.2 Å². The molecule has 0 aromatic heterocycles. The van der Waals surface area contributed by atoms with Crippen molar-refractivity contribution in [3.8, 4) is 0 Å². The van der Waals surface area contributed by atoms with E-state index in [2.05, 4.69) is 31.2 Å². The minimum Gasteiger partial charge on any atom is -0.394 e. The van der Waals surface area contributed by atoms with Crippen molar-refractivity contribution in [1.29, 1.82) is 0 Å². The van der Waals surface area contributed by atoms with Gasteiger partial charge in [-0.05, 0) is 37.7 Å². The average molecular weight is 276 g/mol. The normalized spacial score (nSPS) is 18.1. The Morgan fingerprint density at radius 1 is 1.35 bits per heavy atom. The number of likely N-dealkylation sites (tertiary alicyclic amines) is 1. The van der Waals surface area contributed by atoms with Crippen LogP contribution in [0.5, 0.6) is 0 Å². The Bertz CT molecular complexity index is 436. The summed E-state index contributed by atoms with van der Waals surface area (Å²) in [5.74, 6) is 0.508. The van der Waals surface area contributed by atoms with Gasteiger partial charge in [-0.1, -0.05) is 29.8 Å². The van der Waals surface area contributed by atoms with Crippen molar-refractivity contribution < 1.29 is 9.90 Å². The van der Waals surface area contributed by atoms with E-state index in [1.165, 1.54) is 11.1 Å². The van der Waals surface area contributed by atoms with Crippen LogP contribution in [0.2, 0.25) is 0 Å². The van der Waals surface area contributed by atoms with Crippen LogP contribution in [0.1, 0.15) is 24.0 Å². The number of hydrogen-bond donors (Lipinski definition) is 2. The number of hydrogen-bond acceptors (Lipinski definition) is 3. The lowest BCUT2D eigenvalue weighted by molar-refractivity contribution is -0.134. The van der Waals surface area contributed by atoms with E-state index < -0.39 is 6.04 Å². The number of benzene rings is 1. The molecule has 1 amide bonds. The largest absolute Gasteiger partial charge is 0.394 e. The zero-order chi connectivity index (χ0) is 14.5. The molecule has 1 aliphatic heterocycles. The zero-order valence-electron chi connectivity index (χ0n) is 12.1. The van der Waals surface area contributed by atoms with Gasteiger partial charge in [0.05, 0.1) is 6.61 Å². The number of aliphatic hydroxyl groups excluding tert-OH is 1. The van der Waals surface area contributed by atoms with Crippen LogP contribution in [0.3, 0.4) is 0 Å². The second-order valence-electron chi connectivity index (χ2n) is 5.75. The smallest absolute Gasteiger partial charge is 0.241 e. The van der Waals surface area contributed by atoms with Crippen molar-refractivity contribution in [2.45, 2.75) is 32.2 Å². The first-order valence-electron chi connectivity index (χ1n) is 7.31. The van der Waals surface area contributed by atoms with Crippen molar-refractivity contribution in [3.05, 3.63) is 35.4 Å². The first kappa shape index (κ1) is 15.0. The van der Waals surface area contributed by atoms with Gasteiger partial charge in [0.25, 0.3) is 0 Å². The van der Waals surface area contributed by atoms with E-state index in [1.807, 2.05) is 0 Å². The standard InChI is InChI=1S/C16H24N2O2/c1-12-2-4-13(5-3-12)10-14-6-8-18(9-7-14)16(20)15(17)11-19/h2-5,14-15,19H,6-11,17H2,1H3/t15-/m1/s1. The molecule has 110 valence electrons. The van der Waals surface area contributed by atoms with E-state index >= 15 is 0 Å². The van der Waals surface area contributed by atoms with Crippen LogP contribution >= 0.6 is 0 Å². The lowest BCUT2D eigenvalue weighted by Gasteiger charge is -2.33. The fourth-order valence-electron chi connectivity index (χ4n) is 2.73. The Labute approximate surface area is 120 Å². The van der Waals surface area contributed by atoms with Crippen molar-refractivity contribution >= 4 is 5.91 Å². The Hall–Kier alpha value is -1.39. The van der Waals surface area contributed by atoms with E-state index in [0.29, 0.717) is 5.92 Å². The maximum absolute atomic E-state index is 11.9. The zero-order valence-corrected chi connectivity index (χ0v) is 12.1. The van der Waals surface area contributed by atoms with Gasteiger partial charge in [0.1, 0.15) is 6.04 Å². The molecule has 0 unspecified atom stereocenters. The summed E-state index contributed by atoms with van der Waals surface area (Å²) in [6.07, 6.45) is 3.10.